The van der Waals surface area contributed by atoms with Gasteiger partial charge in [-0.1, -0.05) is 48.5 Å². The molecule has 3 aromatic rings. The lowest BCUT2D eigenvalue weighted by Gasteiger charge is -2.09. The number of Topliss-reactive ketones (excluding diaryl/α,β-unsaturated/α-hetero) is 1. The van der Waals surface area contributed by atoms with Crippen LogP contribution in [0.5, 0.6) is 5.75 Å². The Morgan fingerprint density at radius 1 is 0.963 bits per heavy atom. The molecule has 0 atom stereocenters. The molecule has 0 aliphatic rings. The summed E-state index contributed by atoms with van der Waals surface area (Å²) in [6, 6.07) is 21.0. The highest BCUT2D eigenvalue weighted by molar-refractivity contribution is 6.00. The number of benzene rings is 3. The lowest BCUT2D eigenvalue weighted by molar-refractivity contribution is 0.101. The zero-order chi connectivity index (χ0) is 19.8. The lowest BCUT2D eigenvalue weighted by atomic mass is 10.0. The van der Waals surface area contributed by atoms with Gasteiger partial charge in [0, 0.05) is 18.3 Å². The molecule has 0 bridgehead atoms. The number of nitrogens with one attached hydrogen (secondary N) is 1. The van der Waals surface area contributed by atoms with Crippen molar-refractivity contribution in [2.75, 3.05) is 12.4 Å². The normalized spacial score (nSPS) is 9.74. The van der Waals surface area contributed by atoms with Gasteiger partial charge in [0.15, 0.2) is 12.1 Å². The van der Waals surface area contributed by atoms with E-state index in [0.717, 1.165) is 27.9 Å². The van der Waals surface area contributed by atoms with E-state index >= 15 is 0 Å². The third-order valence-corrected chi connectivity index (χ3v) is 4.17. The fourth-order valence-electron chi connectivity index (χ4n) is 2.65. The minimum Gasteiger partial charge on any atom is -0.507 e. The molecule has 27 heavy (non-hydrogen) atoms. The molecule has 4 nitrogen and oxygen atoms in total. The van der Waals surface area contributed by atoms with Crippen molar-refractivity contribution in [1.29, 1.82) is 0 Å². The van der Waals surface area contributed by atoms with Crippen LogP contribution in [0.3, 0.4) is 0 Å². The number of carbonyl (C=O) groups is 2. The molecule has 0 spiro atoms. The summed E-state index contributed by atoms with van der Waals surface area (Å²) in [6.45, 7) is 3.33. The van der Waals surface area contributed by atoms with Gasteiger partial charge in [-0.25, -0.2) is 0 Å². The Morgan fingerprint density at radius 3 is 2.22 bits per heavy atom. The maximum atomic E-state index is 11.4. The number of aryl methyl sites for hydroxylation is 1. The molecule has 0 aliphatic carbocycles. The standard InChI is InChI=1S/C15H15NO.C8H8O2/c1-11(17)14-9-8-13(10-15(14)16-2)12-6-4-3-5-7-12;1-6-3-2-4-7(5-9)8(6)10/h3-10,16H,1-2H3;2-5,10H,1H3. The molecule has 0 amide bonds. The minimum absolute atomic E-state index is 0.0777. The van der Waals surface area contributed by atoms with Gasteiger partial charge in [0.2, 0.25) is 0 Å². The second-order valence-electron chi connectivity index (χ2n) is 6.06. The van der Waals surface area contributed by atoms with Crippen LogP contribution in [0.1, 0.15) is 33.2 Å². The fraction of sp³-hybridized carbons (Fsp3) is 0.130. The quantitative estimate of drug-likeness (QED) is 0.500. The lowest BCUT2D eigenvalue weighted by Crippen LogP contribution is -2.00. The summed E-state index contributed by atoms with van der Waals surface area (Å²) in [5.41, 5.74) is 4.94. The highest BCUT2D eigenvalue weighted by atomic mass is 16.3. The van der Waals surface area contributed by atoms with Crippen molar-refractivity contribution < 1.29 is 14.7 Å². The van der Waals surface area contributed by atoms with Crippen molar-refractivity contribution >= 4 is 17.8 Å². The Hall–Kier alpha value is -3.40. The molecule has 0 saturated carbocycles. The van der Waals surface area contributed by atoms with E-state index in [4.69, 9.17) is 5.11 Å². The van der Waals surface area contributed by atoms with Crippen LogP contribution in [-0.4, -0.2) is 24.2 Å². The number of phenols is 1. The number of phenolic OH excluding ortho intramolecular Hbond substituents is 1. The molecule has 0 aliphatic heterocycles. The summed E-state index contributed by atoms with van der Waals surface area (Å²) in [5.74, 6) is 0.159. The molecular formula is C23H23NO3. The summed E-state index contributed by atoms with van der Waals surface area (Å²) in [7, 11) is 1.83. The van der Waals surface area contributed by atoms with Crippen LogP contribution >= 0.6 is 0 Å². The highest BCUT2D eigenvalue weighted by Crippen LogP contribution is 2.25. The van der Waals surface area contributed by atoms with Crippen LogP contribution in [0.25, 0.3) is 11.1 Å². The Kier molecular flexibility index (Phi) is 6.89. The van der Waals surface area contributed by atoms with Gasteiger partial charge in [0.05, 0.1) is 5.56 Å². The third kappa shape index (κ3) is 5.05. The molecular weight excluding hydrogens is 338 g/mol. The number of para-hydroxylation sites is 1. The van der Waals surface area contributed by atoms with Crippen molar-refractivity contribution in [3.63, 3.8) is 0 Å². The van der Waals surface area contributed by atoms with Crippen LogP contribution in [-0.2, 0) is 0 Å². The number of carbonyl (C=O) groups excluding carboxylic acids is 2. The molecule has 0 radical (unpaired) electrons. The van der Waals surface area contributed by atoms with Crippen LogP contribution < -0.4 is 5.32 Å². The second-order valence-corrected chi connectivity index (χ2v) is 6.06. The summed E-state index contributed by atoms with van der Waals surface area (Å²) >= 11 is 0. The predicted molar refractivity (Wildman–Crippen MR) is 110 cm³/mol. The van der Waals surface area contributed by atoms with E-state index in [1.54, 1.807) is 32.0 Å². The molecule has 0 saturated heterocycles. The Bertz CT molecular complexity index is 934. The van der Waals surface area contributed by atoms with E-state index in [9.17, 15) is 9.59 Å². The van der Waals surface area contributed by atoms with Gasteiger partial charge in [0.25, 0.3) is 0 Å². The first-order valence-corrected chi connectivity index (χ1v) is 8.59. The zero-order valence-corrected chi connectivity index (χ0v) is 15.7. The van der Waals surface area contributed by atoms with Crippen LogP contribution in [0, 0.1) is 6.92 Å². The SMILES string of the molecule is CNc1cc(-c2ccccc2)ccc1C(C)=O.Cc1cccc(C=O)c1O. The largest absolute Gasteiger partial charge is 0.507 e. The van der Waals surface area contributed by atoms with E-state index in [0.29, 0.717) is 11.8 Å². The zero-order valence-electron chi connectivity index (χ0n) is 15.7. The van der Waals surface area contributed by atoms with E-state index in [1.807, 2.05) is 43.4 Å². The molecule has 138 valence electrons. The average Bonchev–Trinajstić information content (AvgIpc) is 2.70. The first-order chi connectivity index (χ1) is 13.0. The average molecular weight is 361 g/mol. The van der Waals surface area contributed by atoms with Crippen molar-refractivity contribution in [3.8, 4) is 16.9 Å². The number of aromatic hydroxyl groups is 1. The van der Waals surface area contributed by atoms with Crippen LogP contribution in [0.15, 0.2) is 66.7 Å². The molecule has 0 unspecified atom stereocenters. The van der Waals surface area contributed by atoms with Crippen molar-refractivity contribution in [2.45, 2.75) is 13.8 Å². The second kappa shape index (κ2) is 9.34. The van der Waals surface area contributed by atoms with E-state index in [-0.39, 0.29) is 11.5 Å². The third-order valence-electron chi connectivity index (χ3n) is 4.17. The number of hydrogen-bond acceptors (Lipinski definition) is 4. The van der Waals surface area contributed by atoms with Crippen molar-refractivity contribution in [1.82, 2.24) is 0 Å². The molecule has 0 fully saturated rings. The maximum Gasteiger partial charge on any atom is 0.161 e. The Labute approximate surface area is 159 Å². The van der Waals surface area contributed by atoms with Crippen molar-refractivity contribution in [2.24, 2.45) is 0 Å². The van der Waals surface area contributed by atoms with Gasteiger partial charge in [-0.3, -0.25) is 9.59 Å². The maximum absolute atomic E-state index is 11.4. The van der Waals surface area contributed by atoms with Gasteiger partial charge in [0.1, 0.15) is 5.75 Å². The van der Waals surface area contributed by atoms with E-state index < -0.39 is 0 Å². The first kappa shape index (κ1) is 19.9. The summed E-state index contributed by atoms with van der Waals surface area (Å²) in [5, 5.41) is 12.2. The number of aldehydes is 1. The monoisotopic (exact) mass is 361 g/mol. The van der Waals surface area contributed by atoms with Crippen LogP contribution in [0.4, 0.5) is 5.69 Å². The molecule has 4 heteroatoms. The number of rotatable bonds is 4. The topological polar surface area (TPSA) is 66.4 Å². The van der Waals surface area contributed by atoms with E-state index in [2.05, 4.69) is 17.4 Å². The molecule has 3 aromatic carbocycles. The number of hydrogen-bond donors (Lipinski definition) is 2. The van der Waals surface area contributed by atoms with Crippen molar-refractivity contribution in [3.05, 3.63) is 83.4 Å². The first-order valence-electron chi connectivity index (χ1n) is 8.59. The number of ketones is 1. The van der Waals surface area contributed by atoms with Gasteiger partial charge in [-0.2, -0.15) is 0 Å². The minimum atomic E-state index is 0.0777. The number of anilines is 1. The van der Waals surface area contributed by atoms with Gasteiger partial charge in [-0.15, -0.1) is 0 Å². The summed E-state index contributed by atoms with van der Waals surface area (Å²) in [6.07, 6.45) is 0.641. The Morgan fingerprint density at radius 2 is 1.67 bits per heavy atom. The smallest absolute Gasteiger partial charge is 0.161 e. The van der Waals surface area contributed by atoms with Crippen LogP contribution in [0.2, 0.25) is 0 Å². The van der Waals surface area contributed by atoms with Gasteiger partial charge >= 0.3 is 0 Å². The molecule has 0 aromatic heterocycles. The Balaban J connectivity index is 0.000000223. The molecule has 3 rings (SSSR count). The van der Waals surface area contributed by atoms with Gasteiger partial charge < -0.3 is 10.4 Å². The predicted octanol–water partition coefficient (Wildman–Crippen LogP) is 5.11. The molecule has 2 N–H and O–H groups in total. The van der Waals surface area contributed by atoms with Gasteiger partial charge in [-0.05, 0) is 48.7 Å². The summed E-state index contributed by atoms with van der Waals surface area (Å²) < 4.78 is 0. The highest BCUT2D eigenvalue weighted by Gasteiger charge is 2.07. The van der Waals surface area contributed by atoms with E-state index in [1.165, 1.54) is 0 Å². The molecule has 0 heterocycles. The summed E-state index contributed by atoms with van der Waals surface area (Å²) in [4.78, 5) is 21.7. The fourth-order valence-corrected chi connectivity index (χ4v) is 2.65.